The van der Waals surface area contributed by atoms with Crippen LogP contribution in [0.1, 0.15) is 66.0 Å². The molecule has 3 aromatic rings. The number of nitrogens with one attached hydrogen (secondary N) is 4. The molecule has 0 atom stereocenters. The summed E-state index contributed by atoms with van der Waals surface area (Å²) in [5, 5.41) is 12.3. The van der Waals surface area contributed by atoms with Gasteiger partial charge < -0.3 is 26.2 Å². The van der Waals surface area contributed by atoms with Crippen molar-refractivity contribution in [1.29, 1.82) is 0 Å². The Morgan fingerprint density at radius 1 is 0.810 bits per heavy atom. The molecule has 220 valence electrons. The number of likely N-dealkylation sites (N-methyl/N-ethyl adjacent to an activating group) is 1. The Morgan fingerprint density at radius 2 is 1.45 bits per heavy atom. The van der Waals surface area contributed by atoms with Crippen LogP contribution in [0.5, 0.6) is 0 Å². The molecule has 0 fully saturated rings. The van der Waals surface area contributed by atoms with E-state index < -0.39 is 0 Å². The smallest absolute Gasteiger partial charge is 0.258 e. The van der Waals surface area contributed by atoms with Crippen molar-refractivity contribution in [2.75, 3.05) is 43.4 Å². The average Bonchev–Trinajstić information content (AvgIpc) is 3.33. The standard InChI is InChI=1S/C34H41N5O3/c1-5-39(6-2)21-20-36-32(40)25-12-15-27(16-13-25)37-31(24-10-8-7-9-11-24)30-28-22-26(14-17-29(28)38-34(30)42)33(41)35-19-18-23(3)4/h7-17,22-23,37H,5-6,18-21H2,1-4H3,(H,35,41)(H,36,40)(H,38,42). The van der Waals surface area contributed by atoms with Crippen LogP contribution in [0.15, 0.2) is 72.8 Å². The molecule has 4 rings (SSSR count). The van der Waals surface area contributed by atoms with E-state index in [4.69, 9.17) is 0 Å². The fourth-order valence-corrected chi connectivity index (χ4v) is 4.84. The predicted octanol–water partition coefficient (Wildman–Crippen LogP) is 5.47. The second kappa shape index (κ2) is 14.5. The van der Waals surface area contributed by atoms with E-state index in [0.29, 0.717) is 52.7 Å². The van der Waals surface area contributed by atoms with E-state index in [1.54, 1.807) is 30.3 Å². The molecule has 8 heteroatoms. The van der Waals surface area contributed by atoms with E-state index in [-0.39, 0.29) is 17.7 Å². The first-order chi connectivity index (χ1) is 20.3. The third kappa shape index (κ3) is 7.64. The van der Waals surface area contributed by atoms with Crippen LogP contribution in [0.3, 0.4) is 0 Å². The third-order valence-electron chi connectivity index (χ3n) is 7.37. The molecule has 0 bridgehead atoms. The van der Waals surface area contributed by atoms with E-state index in [2.05, 4.69) is 53.9 Å². The second-order valence-corrected chi connectivity index (χ2v) is 10.8. The van der Waals surface area contributed by atoms with Crippen LogP contribution in [0.4, 0.5) is 11.4 Å². The Morgan fingerprint density at radius 3 is 2.12 bits per heavy atom. The van der Waals surface area contributed by atoms with Crippen LogP contribution in [-0.4, -0.2) is 55.3 Å². The van der Waals surface area contributed by atoms with Crippen LogP contribution in [0.25, 0.3) is 11.3 Å². The summed E-state index contributed by atoms with van der Waals surface area (Å²) in [5.74, 6) is -0.0592. The summed E-state index contributed by atoms with van der Waals surface area (Å²) < 4.78 is 0. The molecular weight excluding hydrogens is 526 g/mol. The molecule has 42 heavy (non-hydrogen) atoms. The van der Waals surface area contributed by atoms with Gasteiger partial charge in [-0.1, -0.05) is 58.0 Å². The minimum absolute atomic E-state index is 0.126. The first kappa shape index (κ1) is 30.5. The summed E-state index contributed by atoms with van der Waals surface area (Å²) in [7, 11) is 0. The Balaban J connectivity index is 1.60. The fraction of sp³-hybridized carbons (Fsp3) is 0.324. The minimum Gasteiger partial charge on any atom is -0.354 e. The van der Waals surface area contributed by atoms with E-state index in [1.165, 1.54) is 0 Å². The van der Waals surface area contributed by atoms with Crippen molar-refractivity contribution in [3.05, 3.63) is 95.1 Å². The van der Waals surface area contributed by atoms with Crippen LogP contribution in [-0.2, 0) is 4.79 Å². The lowest BCUT2D eigenvalue weighted by atomic mass is 9.98. The summed E-state index contributed by atoms with van der Waals surface area (Å²) >= 11 is 0. The molecule has 4 N–H and O–H groups in total. The number of amides is 3. The van der Waals surface area contributed by atoms with Gasteiger partial charge in [0.1, 0.15) is 0 Å². The van der Waals surface area contributed by atoms with Crippen molar-refractivity contribution < 1.29 is 14.4 Å². The SMILES string of the molecule is CCN(CC)CCNC(=O)c1ccc(NC(=C2C(=O)Nc3ccc(C(=O)NCCC(C)C)cc32)c2ccccc2)cc1. The van der Waals surface area contributed by atoms with E-state index in [0.717, 1.165) is 37.3 Å². The molecule has 0 spiro atoms. The lowest BCUT2D eigenvalue weighted by Gasteiger charge is -2.18. The molecule has 0 unspecified atom stereocenters. The largest absolute Gasteiger partial charge is 0.354 e. The predicted molar refractivity (Wildman–Crippen MR) is 170 cm³/mol. The van der Waals surface area contributed by atoms with Crippen molar-refractivity contribution >= 4 is 40.4 Å². The van der Waals surface area contributed by atoms with Gasteiger partial charge in [0.25, 0.3) is 17.7 Å². The third-order valence-corrected chi connectivity index (χ3v) is 7.37. The topological polar surface area (TPSA) is 103 Å². The van der Waals surface area contributed by atoms with Gasteiger partial charge in [0.15, 0.2) is 0 Å². The number of anilines is 2. The Kier molecular flexibility index (Phi) is 10.5. The van der Waals surface area contributed by atoms with Gasteiger partial charge in [-0.25, -0.2) is 0 Å². The van der Waals surface area contributed by atoms with Gasteiger partial charge in [-0.05, 0) is 73.5 Å². The van der Waals surface area contributed by atoms with Gasteiger partial charge in [0.2, 0.25) is 0 Å². The number of fused-ring (bicyclic) bond motifs is 1. The van der Waals surface area contributed by atoms with Crippen molar-refractivity contribution in [3.63, 3.8) is 0 Å². The zero-order valence-corrected chi connectivity index (χ0v) is 24.9. The summed E-state index contributed by atoms with van der Waals surface area (Å²) in [4.78, 5) is 41.2. The Labute approximate surface area is 248 Å². The van der Waals surface area contributed by atoms with Crippen molar-refractivity contribution in [3.8, 4) is 0 Å². The molecular formula is C34H41N5O3. The first-order valence-electron chi connectivity index (χ1n) is 14.7. The molecule has 0 aliphatic carbocycles. The van der Waals surface area contributed by atoms with Crippen LogP contribution in [0, 0.1) is 5.92 Å². The summed E-state index contributed by atoms with van der Waals surface area (Å²) in [6.45, 7) is 12.3. The molecule has 3 amide bonds. The lowest BCUT2D eigenvalue weighted by Crippen LogP contribution is -2.34. The highest BCUT2D eigenvalue weighted by molar-refractivity contribution is 6.37. The highest BCUT2D eigenvalue weighted by Crippen LogP contribution is 2.38. The molecule has 0 saturated carbocycles. The highest BCUT2D eigenvalue weighted by atomic mass is 16.2. The van der Waals surface area contributed by atoms with Crippen LogP contribution >= 0.6 is 0 Å². The number of nitrogens with zero attached hydrogens (tertiary/aromatic N) is 1. The number of rotatable bonds is 13. The maximum absolute atomic E-state index is 13.3. The fourth-order valence-electron chi connectivity index (χ4n) is 4.84. The highest BCUT2D eigenvalue weighted by Gasteiger charge is 2.29. The number of hydrogen-bond donors (Lipinski definition) is 4. The van der Waals surface area contributed by atoms with Gasteiger partial charge in [0.05, 0.1) is 11.3 Å². The van der Waals surface area contributed by atoms with E-state index >= 15 is 0 Å². The van der Waals surface area contributed by atoms with Crippen LogP contribution < -0.4 is 21.3 Å². The molecule has 3 aromatic carbocycles. The monoisotopic (exact) mass is 567 g/mol. The van der Waals surface area contributed by atoms with Gasteiger partial charge >= 0.3 is 0 Å². The quantitative estimate of drug-likeness (QED) is 0.205. The zero-order valence-electron chi connectivity index (χ0n) is 24.9. The van der Waals surface area contributed by atoms with Gasteiger partial charge in [-0.2, -0.15) is 0 Å². The molecule has 0 aromatic heterocycles. The van der Waals surface area contributed by atoms with Crippen LogP contribution in [0.2, 0.25) is 0 Å². The summed E-state index contributed by atoms with van der Waals surface area (Å²) in [6.07, 6.45) is 0.890. The van der Waals surface area contributed by atoms with Gasteiger partial charge in [-0.15, -0.1) is 0 Å². The molecule has 1 aliphatic heterocycles. The Hall–Kier alpha value is -4.43. The van der Waals surface area contributed by atoms with Crippen molar-refractivity contribution in [2.24, 2.45) is 5.92 Å². The number of carbonyl (C=O) groups is 3. The second-order valence-electron chi connectivity index (χ2n) is 10.8. The Bertz CT molecular complexity index is 1430. The molecule has 8 nitrogen and oxygen atoms in total. The summed E-state index contributed by atoms with van der Waals surface area (Å²) in [6, 6.07) is 22.1. The van der Waals surface area contributed by atoms with Gasteiger partial charge in [0, 0.05) is 47.7 Å². The first-order valence-corrected chi connectivity index (χ1v) is 14.7. The minimum atomic E-state index is -0.252. The van der Waals surface area contributed by atoms with E-state index in [1.807, 2.05) is 42.5 Å². The maximum atomic E-state index is 13.3. The molecule has 1 heterocycles. The molecule has 1 aliphatic rings. The van der Waals surface area contributed by atoms with Gasteiger partial charge in [-0.3, -0.25) is 14.4 Å². The summed E-state index contributed by atoms with van der Waals surface area (Å²) in [5.41, 5.74) is 4.98. The molecule has 0 saturated heterocycles. The number of hydrogen-bond acceptors (Lipinski definition) is 5. The normalized spacial score (nSPS) is 13.5. The van der Waals surface area contributed by atoms with Crippen molar-refractivity contribution in [1.82, 2.24) is 15.5 Å². The maximum Gasteiger partial charge on any atom is 0.258 e. The van der Waals surface area contributed by atoms with E-state index in [9.17, 15) is 14.4 Å². The molecule has 0 radical (unpaired) electrons. The van der Waals surface area contributed by atoms with Crippen molar-refractivity contribution in [2.45, 2.75) is 34.1 Å². The number of benzene rings is 3. The average molecular weight is 568 g/mol. The lowest BCUT2D eigenvalue weighted by molar-refractivity contribution is -0.110. The number of carbonyl (C=O) groups excluding carboxylic acids is 3. The zero-order chi connectivity index (χ0) is 30.1.